The summed E-state index contributed by atoms with van der Waals surface area (Å²) >= 11 is 0.822. The summed E-state index contributed by atoms with van der Waals surface area (Å²) in [6, 6.07) is 1.55. The number of anilines is 2. The smallest absolute Gasteiger partial charge is 0.412 e. The van der Waals surface area contributed by atoms with Gasteiger partial charge >= 0.3 is 18.2 Å². The van der Waals surface area contributed by atoms with Crippen LogP contribution in [0, 0.1) is 23.0 Å². The number of nitrogens with one attached hydrogen (secondary N) is 1. The number of carbonyl (C=O) groups excluding carboxylic acids is 1. The molecule has 3 unspecified atom stereocenters. The first-order valence-corrected chi connectivity index (χ1v) is 19.0. The first-order chi connectivity index (χ1) is 26.3. The number of fused-ring (bicyclic) bond motifs is 6. The molecule has 4 aliphatic rings. The van der Waals surface area contributed by atoms with E-state index >= 15 is 8.78 Å². The first kappa shape index (κ1) is 37.0. The number of nitrogens with zero attached hydrogens (tertiary/aromatic N) is 7. The van der Waals surface area contributed by atoms with Crippen LogP contribution in [0.1, 0.15) is 57.2 Å². The monoisotopic (exact) mass is 778 g/mol. The first-order valence-electron chi connectivity index (χ1n) is 18.2. The number of piperazine rings is 1. The number of ether oxygens (including phenoxy) is 4. The number of morpholine rings is 1. The molecule has 0 spiro atoms. The average molecular weight is 779 g/mol. The Morgan fingerprint density at radius 3 is 2.49 bits per heavy atom. The van der Waals surface area contributed by atoms with Gasteiger partial charge in [0.25, 0.3) is 0 Å². The third-order valence-electron chi connectivity index (χ3n) is 10.5. The molecule has 3 saturated heterocycles. The molecule has 4 aliphatic heterocycles. The number of likely N-dealkylation sites (tertiary alicyclic amines) is 1. The number of halogens is 2. The largest absolute Gasteiger partial charge is 0.465 e. The molecule has 3 fully saturated rings. The van der Waals surface area contributed by atoms with Crippen LogP contribution in [-0.4, -0.2) is 112 Å². The number of nitriles is 1. The normalized spacial score (nSPS) is 20.5. The lowest BCUT2D eigenvalue weighted by molar-refractivity contribution is 0.00974. The standard InChI is InChI=1S/C37H40F2N8O7S/c1-18(45-7-9-51-10-8-45)15-53-34-42-30-27(32(43-34)47-19-5-6-20(47)14-46(13-19)36(49)50)23-17-52-16-22(23)25(28(30)39)29-26-21(11-40)33(44-35(48)54-37(2,3)4)55-31(26)24(38)12-41-29/h12,18-20H,5-10,13-17H2,1-4H3,(H,44,48)(H,49,50). The zero-order valence-electron chi connectivity index (χ0n) is 30.8. The van der Waals surface area contributed by atoms with E-state index in [-0.39, 0.29) is 94.5 Å². The number of aromatic nitrogens is 3. The molecule has 3 atom stereocenters. The summed E-state index contributed by atoms with van der Waals surface area (Å²) in [7, 11) is 0. The van der Waals surface area contributed by atoms with Gasteiger partial charge in [-0.2, -0.15) is 15.2 Å². The second-order valence-corrected chi connectivity index (χ2v) is 16.2. The van der Waals surface area contributed by atoms with Crippen molar-refractivity contribution >= 4 is 55.3 Å². The van der Waals surface area contributed by atoms with Crippen molar-refractivity contribution in [3.05, 3.63) is 34.5 Å². The Morgan fingerprint density at radius 2 is 1.82 bits per heavy atom. The molecule has 2 N–H and O–H groups in total. The lowest BCUT2D eigenvalue weighted by atomic mass is 9.93. The Bertz CT molecular complexity index is 2240. The van der Waals surface area contributed by atoms with Crippen molar-refractivity contribution in [1.82, 2.24) is 24.8 Å². The quantitative estimate of drug-likeness (QED) is 0.228. The van der Waals surface area contributed by atoms with Crippen LogP contribution in [0.15, 0.2) is 6.20 Å². The predicted octanol–water partition coefficient (Wildman–Crippen LogP) is 5.86. The number of rotatable bonds is 7. The van der Waals surface area contributed by atoms with Crippen LogP contribution in [0.25, 0.3) is 32.2 Å². The number of carboxylic acid groups (broad SMARTS) is 1. The van der Waals surface area contributed by atoms with Crippen LogP contribution in [0.3, 0.4) is 0 Å². The molecular formula is C37H40F2N8O7S. The number of hydrogen-bond donors (Lipinski definition) is 2. The van der Waals surface area contributed by atoms with E-state index in [9.17, 15) is 20.0 Å². The van der Waals surface area contributed by atoms with E-state index in [0.717, 1.165) is 43.5 Å². The number of hydrogen-bond acceptors (Lipinski definition) is 13. The van der Waals surface area contributed by atoms with E-state index in [2.05, 4.69) is 31.2 Å². The minimum absolute atomic E-state index is 0.00264. The summed E-state index contributed by atoms with van der Waals surface area (Å²) in [5.74, 6) is -1.11. The zero-order chi connectivity index (χ0) is 38.8. The second-order valence-electron chi connectivity index (χ2n) is 15.2. The molecule has 15 nitrogen and oxygen atoms in total. The highest BCUT2D eigenvalue weighted by atomic mass is 32.1. The van der Waals surface area contributed by atoms with Gasteiger partial charge in [0, 0.05) is 55.3 Å². The molecular weight excluding hydrogens is 739 g/mol. The van der Waals surface area contributed by atoms with Crippen molar-refractivity contribution in [2.24, 2.45) is 0 Å². The summed E-state index contributed by atoms with van der Waals surface area (Å²) in [4.78, 5) is 44.4. The summed E-state index contributed by atoms with van der Waals surface area (Å²) in [5.41, 5.74) is 0.0113. The van der Waals surface area contributed by atoms with Crippen LogP contribution >= 0.6 is 11.3 Å². The topological polar surface area (TPSA) is 176 Å². The van der Waals surface area contributed by atoms with Crippen LogP contribution in [-0.2, 0) is 27.4 Å². The van der Waals surface area contributed by atoms with Gasteiger partial charge in [0.05, 0.1) is 54.0 Å². The Kier molecular flexibility index (Phi) is 9.60. The molecule has 2 bridgehead atoms. The molecule has 18 heteroatoms. The van der Waals surface area contributed by atoms with E-state index in [4.69, 9.17) is 23.9 Å². The van der Waals surface area contributed by atoms with Crippen LogP contribution in [0.4, 0.5) is 29.2 Å². The van der Waals surface area contributed by atoms with Crippen molar-refractivity contribution in [2.45, 2.75) is 77.5 Å². The fraction of sp³-hybridized carbons (Fsp3) is 0.514. The predicted molar refractivity (Wildman–Crippen MR) is 197 cm³/mol. The lowest BCUT2D eigenvalue weighted by Gasteiger charge is -2.41. The summed E-state index contributed by atoms with van der Waals surface area (Å²) in [5, 5.41) is 23.2. The summed E-state index contributed by atoms with van der Waals surface area (Å²) in [6.07, 6.45) is 0.563. The highest BCUT2D eigenvalue weighted by Gasteiger charge is 2.44. The van der Waals surface area contributed by atoms with Crippen LogP contribution < -0.4 is 15.0 Å². The van der Waals surface area contributed by atoms with Crippen molar-refractivity contribution in [2.75, 3.05) is 56.2 Å². The molecule has 0 aliphatic carbocycles. The van der Waals surface area contributed by atoms with Gasteiger partial charge in [0.1, 0.15) is 34.6 Å². The fourth-order valence-electron chi connectivity index (χ4n) is 8.06. The molecule has 0 radical (unpaired) electrons. The third kappa shape index (κ3) is 6.72. The molecule has 290 valence electrons. The third-order valence-corrected chi connectivity index (χ3v) is 11.6. The molecule has 7 heterocycles. The van der Waals surface area contributed by atoms with Crippen molar-refractivity contribution in [3.8, 4) is 23.3 Å². The Hall–Kier alpha value is -4.96. The van der Waals surface area contributed by atoms with Gasteiger partial charge in [-0.05, 0) is 51.7 Å². The van der Waals surface area contributed by atoms with E-state index in [0.29, 0.717) is 35.5 Å². The van der Waals surface area contributed by atoms with Gasteiger partial charge in [0.15, 0.2) is 11.6 Å². The fourth-order valence-corrected chi connectivity index (χ4v) is 9.10. The molecule has 0 saturated carbocycles. The van der Waals surface area contributed by atoms with E-state index in [1.165, 1.54) is 4.90 Å². The number of carbonyl (C=O) groups is 2. The van der Waals surface area contributed by atoms with Gasteiger partial charge in [-0.25, -0.2) is 18.4 Å². The van der Waals surface area contributed by atoms with Crippen molar-refractivity contribution in [1.29, 1.82) is 5.26 Å². The maximum Gasteiger partial charge on any atom is 0.412 e. The van der Waals surface area contributed by atoms with Gasteiger partial charge in [-0.1, -0.05) is 0 Å². The van der Waals surface area contributed by atoms with E-state index in [1.807, 2.05) is 6.92 Å². The molecule has 2 amide bonds. The molecule has 1 aromatic carbocycles. The number of pyridine rings is 1. The van der Waals surface area contributed by atoms with Crippen molar-refractivity contribution in [3.63, 3.8) is 0 Å². The van der Waals surface area contributed by atoms with Gasteiger partial charge in [-0.15, -0.1) is 11.3 Å². The summed E-state index contributed by atoms with van der Waals surface area (Å²) < 4.78 is 56.2. The Morgan fingerprint density at radius 1 is 1.11 bits per heavy atom. The molecule has 8 rings (SSSR count). The van der Waals surface area contributed by atoms with E-state index < -0.39 is 29.4 Å². The molecule has 3 aromatic heterocycles. The zero-order valence-corrected chi connectivity index (χ0v) is 31.6. The summed E-state index contributed by atoms with van der Waals surface area (Å²) in [6.45, 7) is 10.6. The highest BCUT2D eigenvalue weighted by molar-refractivity contribution is 7.23. The minimum Gasteiger partial charge on any atom is -0.465 e. The van der Waals surface area contributed by atoms with Gasteiger partial charge in [-0.3, -0.25) is 15.2 Å². The van der Waals surface area contributed by atoms with Gasteiger partial charge < -0.3 is 33.9 Å². The minimum atomic E-state index is -0.997. The van der Waals surface area contributed by atoms with Gasteiger partial charge in [0.2, 0.25) is 0 Å². The second kappa shape index (κ2) is 14.3. The Labute approximate surface area is 318 Å². The average Bonchev–Trinajstić information content (AvgIpc) is 3.84. The number of amides is 2. The maximum atomic E-state index is 17.6. The SMILES string of the molecule is CC(COc1nc(N2C3CCC2CN(C(=O)O)C3)c2c3c(c(-c4ncc(F)c5sc(NC(=O)OC(C)(C)C)c(C#N)c45)c(F)c2n1)COC3)N1CCOCC1. The highest BCUT2D eigenvalue weighted by Crippen LogP contribution is 2.48. The van der Waals surface area contributed by atoms with E-state index in [1.54, 1.807) is 20.8 Å². The molecule has 4 aromatic rings. The van der Waals surface area contributed by atoms with Crippen LogP contribution in [0.2, 0.25) is 0 Å². The maximum absolute atomic E-state index is 17.6. The van der Waals surface area contributed by atoms with Crippen molar-refractivity contribution < 1.29 is 42.4 Å². The number of benzene rings is 1. The Balaban J connectivity index is 1.30. The molecule has 55 heavy (non-hydrogen) atoms. The van der Waals surface area contributed by atoms with Crippen LogP contribution in [0.5, 0.6) is 6.01 Å². The lowest BCUT2D eigenvalue weighted by Crippen LogP contribution is -2.55. The number of thiophene rings is 1.